The summed E-state index contributed by atoms with van der Waals surface area (Å²) in [6.45, 7) is 4.16. The minimum absolute atomic E-state index is 0.266. The van der Waals surface area contributed by atoms with Crippen LogP contribution >= 0.6 is 0 Å². The van der Waals surface area contributed by atoms with Crippen molar-refractivity contribution in [2.45, 2.75) is 19.4 Å². The second-order valence-electron chi connectivity index (χ2n) is 3.33. The topological polar surface area (TPSA) is 49.4 Å². The predicted octanol–water partition coefficient (Wildman–Crippen LogP) is -0.370. The Morgan fingerprint density at radius 3 is 2.75 bits per heavy atom. The fraction of sp³-hybridized carbons (Fsp3) is 1.00. The Morgan fingerprint density at radius 1 is 1.50 bits per heavy atom. The highest BCUT2D eigenvalue weighted by Gasteiger charge is 2.20. The van der Waals surface area contributed by atoms with Crippen LogP contribution in [0.25, 0.3) is 0 Å². The number of hydrogen-bond donors (Lipinski definition) is 1. The smallest absolute Gasteiger partial charge is 0.211 e. The van der Waals surface area contributed by atoms with Gasteiger partial charge in [-0.1, -0.05) is 0 Å². The zero-order valence-electron chi connectivity index (χ0n) is 7.58. The Hall–Kier alpha value is -0.130. The van der Waals surface area contributed by atoms with E-state index in [1.807, 2.05) is 6.92 Å². The second kappa shape index (κ2) is 3.72. The third-order valence-corrected chi connectivity index (χ3v) is 3.29. The third kappa shape index (κ3) is 2.73. The first kappa shape index (κ1) is 9.95. The van der Waals surface area contributed by atoms with Gasteiger partial charge in [0, 0.05) is 19.1 Å². The molecule has 0 aliphatic carbocycles. The summed E-state index contributed by atoms with van der Waals surface area (Å²) < 4.78 is 23.9. The summed E-state index contributed by atoms with van der Waals surface area (Å²) in [5, 5.41) is 3.24. The lowest BCUT2D eigenvalue weighted by Crippen LogP contribution is -2.38. The van der Waals surface area contributed by atoms with Crippen LogP contribution in [-0.2, 0) is 10.0 Å². The number of sulfonamides is 1. The van der Waals surface area contributed by atoms with Crippen LogP contribution in [0, 0.1) is 0 Å². The number of nitrogens with zero attached hydrogens (tertiary/aromatic N) is 1. The van der Waals surface area contributed by atoms with Crippen LogP contribution in [0.2, 0.25) is 0 Å². The summed E-state index contributed by atoms with van der Waals surface area (Å²) in [4.78, 5) is 0. The van der Waals surface area contributed by atoms with Gasteiger partial charge in [-0.3, -0.25) is 0 Å². The zero-order valence-corrected chi connectivity index (χ0v) is 8.39. The molecular weight excluding hydrogens is 176 g/mol. The maximum absolute atomic E-state index is 11.2. The molecule has 12 heavy (non-hydrogen) atoms. The fourth-order valence-electron chi connectivity index (χ4n) is 1.37. The third-order valence-electron chi connectivity index (χ3n) is 2.02. The molecule has 1 aliphatic heterocycles. The van der Waals surface area contributed by atoms with Crippen molar-refractivity contribution >= 4 is 10.0 Å². The van der Waals surface area contributed by atoms with E-state index >= 15 is 0 Å². The van der Waals surface area contributed by atoms with Crippen LogP contribution in [0.3, 0.4) is 0 Å². The summed E-state index contributed by atoms with van der Waals surface area (Å²) in [7, 11) is -2.99. The molecule has 0 aromatic rings. The highest BCUT2D eigenvalue weighted by Crippen LogP contribution is 2.04. The Morgan fingerprint density at radius 2 is 2.17 bits per heavy atom. The van der Waals surface area contributed by atoms with Gasteiger partial charge in [0.05, 0.1) is 6.26 Å². The molecule has 1 unspecified atom stereocenters. The number of nitrogens with one attached hydrogen (secondary N) is 1. The number of rotatable bonds is 1. The van der Waals surface area contributed by atoms with Gasteiger partial charge < -0.3 is 5.32 Å². The van der Waals surface area contributed by atoms with Gasteiger partial charge in [-0.15, -0.1) is 0 Å². The van der Waals surface area contributed by atoms with Gasteiger partial charge in [0.15, 0.2) is 0 Å². The Bertz CT molecular complexity index is 238. The first-order valence-corrected chi connectivity index (χ1v) is 6.03. The van der Waals surface area contributed by atoms with E-state index in [0.29, 0.717) is 13.1 Å². The van der Waals surface area contributed by atoms with Crippen molar-refractivity contribution < 1.29 is 8.42 Å². The van der Waals surface area contributed by atoms with E-state index in [0.717, 1.165) is 13.0 Å². The average molecular weight is 192 g/mol. The maximum Gasteiger partial charge on any atom is 0.211 e. The Balaban J connectivity index is 2.65. The standard InChI is InChI=1S/C7H16N2O2S/c1-7-6-9(12(2,10)11)5-3-4-8-7/h7-8H,3-6H2,1-2H3. The zero-order chi connectivity index (χ0) is 9.19. The minimum Gasteiger partial charge on any atom is -0.313 e. The van der Waals surface area contributed by atoms with E-state index in [4.69, 9.17) is 0 Å². The van der Waals surface area contributed by atoms with E-state index in [1.54, 1.807) is 0 Å². The van der Waals surface area contributed by atoms with E-state index in [-0.39, 0.29) is 6.04 Å². The van der Waals surface area contributed by atoms with Crippen molar-refractivity contribution in [1.82, 2.24) is 9.62 Å². The van der Waals surface area contributed by atoms with E-state index in [9.17, 15) is 8.42 Å². The molecular formula is C7H16N2O2S. The number of hydrogen-bond acceptors (Lipinski definition) is 3. The summed E-state index contributed by atoms with van der Waals surface area (Å²) in [6, 6.07) is 0.266. The van der Waals surface area contributed by atoms with Crippen LogP contribution in [0.15, 0.2) is 0 Å². The van der Waals surface area contributed by atoms with Crippen molar-refractivity contribution in [1.29, 1.82) is 0 Å². The average Bonchev–Trinajstić information content (AvgIpc) is 2.11. The molecule has 1 rings (SSSR count). The normalized spacial score (nSPS) is 28.3. The lowest BCUT2D eigenvalue weighted by molar-refractivity contribution is 0.407. The molecule has 0 amide bonds. The highest BCUT2D eigenvalue weighted by atomic mass is 32.2. The van der Waals surface area contributed by atoms with Crippen molar-refractivity contribution in [3.63, 3.8) is 0 Å². The molecule has 1 aliphatic rings. The SMILES string of the molecule is CC1CN(S(C)(=O)=O)CCCN1. The summed E-state index contributed by atoms with van der Waals surface area (Å²) >= 11 is 0. The lowest BCUT2D eigenvalue weighted by Gasteiger charge is -2.19. The van der Waals surface area contributed by atoms with Gasteiger partial charge in [0.1, 0.15) is 0 Å². The summed E-state index contributed by atoms with van der Waals surface area (Å²) in [5.41, 5.74) is 0. The van der Waals surface area contributed by atoms with Crippen LogP contribution in [0.5, 0.6) is 0 Å². The monoisotopic (exact) mass is 192 g/mol. The van der Waals surface area contributed by atoms with Crippen molar-refractivity contribution in [3.8, 4) is 0 Å². The largest absolute Gasteiger partial charge is 0.313 e. The first-order chi connectivity index (χ1) is 5.50. The van der Waals surface area contributed by atoms with Crippen LogP contribution in [0.1, 0.15) is 13.3 Å². The Kier molecular flexibility index (Phi) is 3.09. The lowest BCUT2D eigenvalue weighted by atomic mass is 10.3. The van der Waals surface area contributed by atoms with Gasteiger partial charge in [-0.2, -0.15) is 0 Å². The molecule has 1 N–H and O–H groups in total. The van der Waals surface area contributed by atoms with Crippen molar-refractivity contribution in [2.24, 2.45) is 0 Å². The van der Waals surface area contributed by atoms with Crippen LogP contribution in [0.4, 0.5) is 0 Å². The molecule has 1 atom stereocenters. The fourth-order valence-corrected chi connectivity index (χ4v) is 2.32. The predicted molar refractivity (Wildman–Crippen MR) is 48.5 cm³/mol. The second-order valence-corrected chi connectivity index (χ2v) is 5.31. The van der Waals surface area contributed by atoms with Crippen molar-refractivity contribution in [3.05, 3.63) is 0 Å². The van der Waals surface area contributed by atoms with Gasteiger partial charge in [0.25, 0.3) is 0 Å². The quantitative estimate of drug-likeness (QED) is 0.616. The molecule has 1 fully saturated rings. The van der Waals surface area contributed by atoms with Gasteiger partial charge in [0.2, 0.25) is 10.0 Å². The molecule has 0 aromatic carbocycles. The molecule has 4 nitrogen and oxygen atoms in total. The maximum atomic E-state index is 11.2. The van der Waals surface area contributed by atoms with Gasteiger partial charge in [-0.05, 0) is 19.9 Å². The van der Waals surface area contributed by atoms with E-state index in [1.165, 1.54) is 10.6 Å². The molecule has 72 valence electrons. The molecule has 1 heterocycles. The molecule has 1 saturated heterocycles. The molecule has 0 saturated carbocycles. The summed E-state index contributed by atoms with van der Waals surface area (Å²) in [6.07, 6.45) is 2.17. The van der Waals surface area contributed by atoms with Crippen LogP contribution in [-0.4, -0.2) is 44.7 Å². The van der Waals surface area contributed by atoms with E-state index in [2.05, 4.69) is 5.32 Å². The highest BCUT2D eigenvalue weighted by molar-refractivity contribution is 7.88. The Labute approximate surface area is 74.0 Å². The van der Waals surface area contributed by atoms with Gasteiger partial charge in [-0.25, -0.2) is 12.7 Å². The molecule has 0 radical (unpaired) electrons. The van der Waals surface area contributed by atoms with E-state index < -0.39 is 10.0 Å². The van der Waals surface area contributed by atoms with Crippen LogP contribution < -0.4 is 5.32 Å². The molecule has 0 bridgehead atoms. The molecule has 0 spiro atoms. The van der Waals surface area contributed by atoms with Crippen molar-refractivity contribution in [2.75, 3.05) is 25.9 Å². The minimum atomic E-state index is -2.99. The molecule has 0 aromatic heterocycles. The first-order valence-electron chi connectivity index (χ1n) is 4.18. The van der Waals surface area contributed by atoms with Gasteiger partial charge >= 0.3 is 0 Å². The molecule has 5 heteroatoms. The summed E-state index contributed by atoms with van der Waals surface area (Å²) in [5.74, 6) is 0.